The van der Waals surface area contributed by atoms with Crippen LogP contribution < -0.4 is 0 Å². The van der Waals surface area contributed by atoms with Crippen LogP contribution in [0.3, 0.4) is 0 Å². The Morgan fingerprint density at radius 1 is 1.62 bits per heavy atom. The summed E-state index contributed by atoms with van der Waals surface area (Å²) in [6, 6.07) is 1.51. The molecule has 0 radical (unpaired) electrons. The lowest BCUT2D eigenvalue weighted by Crippen LogP contribution is -1.98. The van der Waals surface area contributed by atoms with Crippen LogP contribution in [0, 0.1) is 0 Å². The van der Waals surface area contributed by atoms with Gasteiger partial charge in [-0.25, -0.2) is 14.8 Å². The van der Waals surface area contributed by atoms with Crippen molar-refractivity contribution < 1.29 is 9.90 Å². The largest absolute Gasteiger partial charge is 0.477 e. The fourth-order valence-electron chi connectivity index (χ4n) is 0.921. The molecule has 4 nitrogen and oxygen atoms in total. The molecule has 2 aromatic rings. The Hall–Kier alpha value is -1.01. The van der Waals surface area contributed by atoms with Gasteiger partial charge in [0, 0.05) is 0 Å². The normalized spacial score (nSPS) is 10.5. The number of pyridine rings is 1. The van der Waals surface area contributed by atoms with Gasteiger partial charge in [-0.05, 0) is 22.0 Å². The number of halogens is 1. The molecule has 0 fully saturated rings. The lowest BCUT2D eigenvalue weighted by atomic mass is 10.3. The maximum Gasteiger partial charge on any atom is 0.354 e. The second-order valence-corrected chi connectivity index (χ2v) is 4.62. The van der Waals surface area contributed by atoms with Crippen LogP contribution in [0.25, 0.3) is 10.2 Å². The Bertz CT molecular complexity index is 482. The minimum Gasteiger partial charge on any atom is -0.477 e. The van der Waals surface area contributed by atoms with E-state index in [0.29, 0.717) is 5.52 Å². The molecule has 6 heteroatoms. The highest BCUT2D eigenvalue weighted by Crippen LogP contribution is 2.25. The first kappa shape index (κ1) is 8.58. The van der Waals surface area contributed by atoms with Crippen molar-refractivity contribution in [3.63, 3.8) is 0 Å². The molecule has 0 unspecified atom stereocenters. The van der Waals surface area contributed by atoms with Crippen LogP contribution in [0.4, 0.5) is 0 Å². The van der Waals surface area contributed by atoms with Crippen LogP contribution >= 0.6 is 27.3 Å². The Kier molecular flexibility index (Phi) is 2.01. The Labute approximate surface area is 85.4 Å². The number of carboxylic acid groups (broad SMARTS) is 1. The Balaban J connectivity index is 2.67. The van der Waals surface area contributed by atoms with Gasteiger partial charge in [0.2, 0.25) is 0 Å². The van der Waals surface area contributed by atoms with Gasteiger partial charge in [-0.3, -0.25) is 0 Å². The molecule has 0 aliphatic rings. The SMILES string of the molecule is O=C(O)c1cc2sc(Br)nc2cn1. The molecule has 0 saturated carbocycles. The number of aromatic nitrogens is 2. The van der Waals surface area contributed by atoms with E-state index >= 15 is 0 Å². The molecular weight excluding hydrogens is 256 g/mol. The van der Waals surface area contributed by atoms with Crippen molar-refractivity contribution in [3.8, 4) is 0 Å². The fraction of sp³-hybridized carbons (Fsp3) is 0. The molecule has 0 aliphatic carbocycles. The van der Waals surface area contributed by atoms with Gasteiger partial charge in [-0.2, -0.15) is 0 Å². The molecule has 0 bridgehead atoms. The first-order chi connectivity index (χ1) is 6.16. The molecule has 0 saturated heterocycles. The van der Waals surface area contributed by atoms with Gasteiger partial charge >= 0.3 is 5.97 Å². The number of aromatic carboxylic acids is 1. The van der Waals surface area contributed by atoms with Gasteiger partial charge in [0.15, 0.2) is 3.92 Å². The van der Waals surface area contributed by atoms with Crippen LogP contribution in [0.5, 0.6) is 0 Å². The average molecular weight is 259 g/mol. The molecule has 2 rings (SSSR count). The number of hydrogen-bond acceptors (Lipinski definition) is 4. The molecule has 0 aromatic carbocycles. The summed E-state index contributed by atoms with van der Waals surface area (Å²) in [5.74, 6) is -1.02. The van der Waals surface area contributed by atoms with Crippen molar-refractivity contribution in [2.45, 2.75) is 0 Å². The molecule has 0 atom stereocenters. The van der Waals surface area contributed by atoms with E-state index in [9.17, 15) is 4.79 Å². The summed E-state index contributed by atoms with van der Waals surface area (Å²) in [5.41, 5.74) is 0.755. The molecule has 2 heterocycles. The van der Waals surface area contributed by atoms with Gasteiger partial charge in [-0.15, -0.1) is 11.3 Å². The van der Waals surface area contributed by atoms with E-state index in [-0.39, 0.29) is 5.69 Å². The quantitative estimate of drug-likeness (QED) is 0.852. The number of fused-ring (bicyclic) bond motifs is 1. The summed E-state index contributed by atoms with van der Waals surface area (Å²) in [6.07, 6.45) is 1.46. The second kappa shape index (κ2) is 3.04. The molecule has 2 aromatic heterocycles. The summed E-state index contributed by atoms with van der Waals surface area (Å²) in [7, 11) is 0. The summed E-state index contributed by atoms with van der Waals surface area (Å²) in [6.45, 7) is 0. The van der Waals surface area contributed by atoms with Crippen LogP contribution in [0.2, 0.25) is 0 Å². The van der Waals surface area contributed by atoms with Gasteiger partial charge in [0.25, 0.3) is 0 Å². The maximum absolute atomic E-state index is 10.6. The van der Waals surface area contributed by atoms with E-state index in [1.807, 2.05) is 0 Å². The van der Waals surface area contributed by atoms with Crippen LogP contribution in [-0.4, -0.2) is 21.0 Å². The predicted molar refractivity (Wildman–Crippen MR) is 52.1 cm³/mol. The first-order valence-corrected chi connectivity index (χ1v) is 4.93. The summed E-state index contributed by atoms with van der Waals surface area (Å²) in [4.78, 5) is 18.4. The summed E-state index contributed by atoms with van der Waals surface area (Å²) in [5, 5.41) is 8.66. The number of rotatable bonds is 1. The standard InChI is InChI=1S/C7H3BrN2O2S/c8-7-10-4-2-9-3(6(11)12)1-5(4)13-7/h1-2H,(H,11,12). The van der Waals surface area contributed by atoms with E-state index in [0.717, 1.165) is 8.62 Å². The van der Waals surface area contributed by atoms with E-state index < -0.39 is 5.97 Å². The van der Waals surface area contributed by atoms with Crippen LogP contribution in [0.15, 0.2) is 16.2 Å². The van der Waals surface area contributed by atoms with Crippen molar-refractivity contribution in [2.75, 3.05) is 0 Å². The highest BCUT2D eigenvalue weighted by atomic mass is 79.9. The highest BCUT2D eigenvalue weighted by molar-refractivity contribution is 9.11. The maximum atomic E-state index is 10.6. The zero-order valence-electron chi connectivity index (χ0n) is 6.19. The van der Waals surface area contributed by atoms with Gasteiger partial charge in [-0.1, -0.05) is 0 Å². The van der Waals surface area contributed by atoms with Crippen molar-refractivity contribution in [2.24, 2.45) is 0 Å². The fourth-order valence-corrected chi connectivity index (χ4v) is 2.33. The van der Waals surface area contributed by atoms with Crippen LogP contribution in [-0.2, 0) is 0 Å². The molecule has 1 N–H and O–H groups in total. The van der Waals surface area contributed by atoms with Gasteiger partial charge in [0.1, 0.15) is 11.2 Å². The van der Waals surface area contributed by atoms with E-state index in [1.165, 1.54) is 23.6 Å². The van der Waals surface area contributed by atoms with E-state index in [2.05, 4.69) is 25.9 Å². The van der Waals surface area contributed by atoms with Crippen molar-refractivity contribution in [1.82, 2.24) is 9.97 Å². The number of carboxylic acids is 1. The number of nitrogens with zero attached hydrogens (tertiary/aromatic N) is 2. The third-order valence-electron chi connectivity index (χ3n) is 1.47. The monoisotopic (exact) mass is 258 g/mol. The van der Waals surface area contributed by atoms with Gasteiger partial charge < -0.3 is 5.11 Å². The summed E-state index contributed by atoms with van der Waals surface area (Å²) < 4.78 is 1.55. The number of carbonyl (C=O) groups is 1. The molecule has 0 aliphatic heterocycles. The predicted octanol–water partition coefficient (Wildman–Crippen LogP) is 2.15. The Morgan fingerprint density at radius 3 is 3.08 bits per heavy atom. The topological polar surface area (TPSA) is 63.1 Å². The van der Waals surface area contributed by atoms with Crippen LogP contribution in [0.1, 0.15) is 10.5 Å². The number of hydrogen-bond donors (Lipinski definition) is 1. The smallest absolute Gasteiger partial charge is 0.354 e. The summed E-state index contributed by atoms with van der Waals surface area (Å²) >= 11 is 4.60. The number of thiazole rings is 1. The minimum atomic E-state index is -1.02. The minimum absolute atomic E-state index is 0.0450. The average Bonchev–Trinajstić information content (AvgIpc) is 2.42. The third kappa shape index (κ3) is 1.54. The zero-order chi connectivity index (χ0) is 9.42. The lowest BCUT2D eigenvalue weighted by Gasteiger charge is -1.90. The van der Waals surface area contributed by atoms with Gasteiger partial charge in [0.05, 0.1) is 10.9 Å². The molecule has 66 valence electrons. The third-order valence-corrected chi connectivity index (χ3v) is 2.94. The Morgan fingerprint density at radius 2 is 2.38 bits per heavy atom. The first-order valence-electron chi connectivity index (χ1n) is 3.32. The molecular formula is C7H3BrN2O2S. The molecule has 0 spiro atoms. The van der Waals surface area contributed by atoms with Crippen molar-refractivity contribution >= 4 is 43.5 Å². The van der Waals surface area contributed by atoms with Crippen molar-refractivity contribution in [3.05, 3.63) is 21.9 Å². The molecule has 13 heavy (non-hydrogen) atoms. The van der Waals surface area contributed by atoms with E-state index in [4.69, 9.17) is 5.11 Å². The lowest BCUT2D eigenvalue weighted by molar-refractivity contribution is 0.0691. The highest BCUT2D eigenvalue weighted by Gasteiger charge is 2.07. The molecule has 0 amide bonds. The zero-order valence-corrected chi connectivity index (χ0v) is 8.59. The second-order valence-electron chi connectivity index (χ2n) is 2.31. The van der Waals surface area contributed by atoms with E-state index in [1.54, 1.807) is 0 Å². The van der Waals surface area contributed by atoms with Crippen molar-refractivity contribution in [1.29, 1.82) is 0 Å².